The van der Waals surface area contributed by atoms with Crippen LogP contribution in [0, 0.1) is 10.1 Å². The Morgan fingerprint density at radius 3 is 2.83 bits per heavy atom. The highest BCUT2D eigenvalue weighted by molar-refractivity contribution is 5.39. The van der Waals surface area contributed by atoms with Crippen LogP contribution in [0.15, 0.2) is 24.3 Å². The second-order valence-corrected chi connectivity index (χ2v) is 4.70. The predicted molar refractivity (Wildman–Crippen MR) is 68.4 cm³/mol. The van der Waals surface area contributed by atoms with Crippen LogP contribution in [0.4, 0.5) is 5.69 Å². The summed E-state index contributed by atoms with van der Waals surface area (Å²) in [6.07, 6.45) is 3.70. The summed E-state index contributed by atoms with van der Waals surface area (Å²) >= 11 is 0. The van der Waals surface area contributed by atoms with Gasteiger partial charge < -0.3 is 10.5 Å². The second-order valence-electron chi connectivity index (χ2n) is 4.70. The molecule has 1 aliphatic rings. The van der Waals surface area contributed by atoms with Crippen LogP contribution in [0.2, 0.25) is 0 Å². The maximum absolute atomic E-state index is 10.8. The number of hydrogen-bond acceptors (Lipinski definition) is 4. The van der Waals surface area contributed by atoms with E-state index in [1.54, 1.807) is 12.1 Å². The van der Waals surface area contributed by atoms with Crippen molar-refractivity contribution in [1.82, 2.24) is 0 Å². The number of para-hydroxylation sites is 1. The maximum atomic E-state index is 10.8. The third-order valence-electron chi connectivity index (χ3n) is 3.34. The molecule has 18 heavy (non-hydrogen) atoms. The van der Waals surface area contributed by atoms with E-state index in [2.05, 4.69) is 0 Å². The quantitative estimate of drug-likeness (QED) is 0.640. The molecule has 2 N–H and O–H groups in total. The minimum absolute atomic E-state index is 0.171. The van der Waals surface area contributed by atoms with Crippen molar-refractivity contribution < 1.29 is 9.66 Å². The summed E-state index contributed by atoms with van der Waals surface area (Å²) in [5.74, 6) is 0. The Bertz CT molecular complexity index is 422. The number of nitrogens with two attached hydrogens (primary N) is 1. The molecular formula is C13H18N2O3. The Labute approximate surface area is 106 Å². The van der Waals surface area contributed by atoms with Crippen LogP contribution < -0.4 is 5.73 Å². The van der Waals surface area contributed by atoms with E-state index in [-0.39, 0.29) is 22.8 Å². The minimum atomic E-state index is -0.346. The summed E-state index contributed by atoms with van der Waals surface area (Å²) in [6.45, 7) is 0.516. The molecule has 1 aromatic carbocycles. The molecule has 0 radical (unpaired) electrons. The number of rotatable bonds is 5. The van der Waals surface area contributed by atoms with E-state index in [4.69, 9.17) is 10.5 Å². The summed E-state index contributed by atoms with van der Waals surface area (Å²) in [5, 5.41) is 10.8. The second kappa shape index (κ2) is 5.93. The predicted octanol–water partition coefficient (Wildman–Crippen LogP) is 2.03. The minimum Gasteiger partial charge on any atom is -0.378 e. The lowest BCUT2D eigenvalue weighted by Crippen LogP contribution is -2.18. The van der Waals surface area contributed by atoms with Gasteiger partial charge in [0.25, 0.3) is 5.69 Å². The lowest BCUT2D eigenvalue weighted by atomic mass is 10.1. The first kappa shape index (κ1) is 13.0. The van der Waals surface area contributed by atoms with E-state index in [1.165, 1.54) is 6.07 Å². The number of benzene rings is 1. The SMILES string of the molecule is NC1CCC(OCCc2ccccc2[N+](=O)[O-])C1. The van der Waals surface area contributed by atoms with Crippen molar-refractivity contribution in [2.75, 3.05) is 6.61 Å². The number of nitro groups is 1. The fourth-order valence-electron chi connectivity index (χ4n) is 2.36. The van der Waals surface area contributed by atoms with Gasteiger partial charge in [0.2, 0.25) is 0 Å². The zero-order valence-corrected chi connectivity index (χ0v) is 10.2. The van der Waals surface area contributed by atoms with Crippen molar-refractivity contribution in [3.8, 4) is 0 Å². The van der Waals surface area contributed by atoms with Gasteiger partial charge in [-0.3, -0.25) is 10.1 Å². The molecule has 0 spiro atoms. The van der Waals surface area contributed by atoms with E-state index in [1.807, 2.05) is 6.07 Å². The number of ether oxygens (including phenoxy) is 1. The van der Waals surface area contributed by atoms with Gasteiger partial charge in [-0.25, -0.2) is 0 Å². The maximum Gasteiger partial charge on any atom is 0.272 e. The molecule has 1 saturated carbocycles. The van der Waals surface area contributed by atoms with Crippen LogP contribution in [-0.4, -0.2) is 23.7 Å². The van der Waals surface area contributed by atoms with E-state index in [9.17, 15) is 10.1 Å². The molecule has 0 heterocycles. The molecule has 5 nitrogen and oxygen atoms in total. The molecule has 1 aromatic rings. The fourth-order valence-corrected chi connectivity index (χ4v) is 2.36. The largest absolute Gasteiger partial charge is 0.378 e. The Morgan fingerprint density at radius 2 is 2.17 bits per heavy atom. The summed E-state index contributed by atoms with van der Waals surface area (Å²) in [6, 6.07) is 7.05. The molecule has 1 fully saturated rings. The van der Waals surface area contributed by atoms with Crippen LogP contribution in [0.5, 0.6) is 0 Å². The summed E-state index contributed by atoms with van der Waals surface area (Å²) in [5.41, 5.74) is 6.70. The van der Waals surface area contributed by atoms with Crippen molar-refractivity contribution in [2.45, 2.75) is 37.8 Å². The number of nitro benzene ring substituents is 1. The highest BCUT2D eigenvalue weighted by Crippen LogP contribution is 2.22. The fraction of sp³-hybridized carbons (Fsp3) is 0.538. The number of nitrogens with zero attached hydrogens (tertiary/aromatic N) is 1. The van der Waals surface area contributed by atoms with Crippen LogP contribution in [0.1, 0.15) is 24.8 Å². The van der Waals surface area contributed by atoms with Crippen LogP contribution in [0.25, 0.3) is 0 Å². The molecule has 0 aliphatic heterocycles. The highest BCUT2D eigenvalue weighted by atomic mass is 16.6. The van der Waals surface area contributed by atoms with Gasteiger partial charge in [-0.05, 0) is 19.3 Å². The first-order valence-electron chi connectivity index (χ1n) is 6.26. The molecule has 0 saturated heterocycles. The van der Waals surface area contributed by atoms with Crippen LogP contribution in [-0.2, 0) is 11.2 Å². The molecule has 0 aromatic heterocycles. The average Bonchev–Trinajstić information content (AvgIpc) is 2.75. The van der Waals surface area contributed by atoms with E-state index in [0.29, 0.717) is 13.0 Å². The molecule has 0 bridgehead atoms. The summed E-state index contributed by atoms with van der Waals surface area (Å²) in [7, 11) is 0. The first-order valence-corrected chi connectivity index (χ1v) is 6.26. The van der Waals surface area contributed by atoms with Gasteiger partial charge in [-0.1, -0.05) is 18.2 Å². The van der Waals surface area contributed by atoms with Crippen molar-refractivity contribution in [3.63, 3.8) is 0 Å². The zero-order chi connectivity index (χ0) is 13.0. The lowest BCUT2D eigenvalue weighted by Gasteiger charge is -2.11. The highest BCUT2D eigenvalue weighted by Gasteiger charge is 2.22. The van der Waals surface area contributed by atoms with Gasteiger partial charge in [0, 0.05) is 24.1 Å². The average molecular weight is 250 g/mol. The molecule has 1 aliphatic carbocycles. The molecule has 0 amide bonds. The first-order chi connectivity index (χ1) is 8.66. The van der Waals surface area contributed by atoms with Gasteiger partial charge >= 0.3 is 0 Å². The normalized spacial score (nSPS) is 23.2. The summed E-state index contributed by atoms with van der Waals surface area (Å²) in [4.78, 5) is 10.5. The standard InChI is InChI=1S/C13H18N2O3/c14-11-5-6-12(9-11)18-8-7-10-3-1-2-4-13(10)15(16)17/h1-4,11-12H,5-9,14H2. The van der Waals surface area contributed by atoms with Crippen molar-refractivity contribution >= 4 is 5.69 Å². The Kier molecular flexibility index (Phi) is 4.28. The summed E-state index contributed by atoms with van der Waals surface area (Å²) < 4.78 is 5.71. The van der Waals surface area contributed by atoms with Crippen LogP contribution >= 0.6 is 0 Å². The van der Waals surface area contributed by atoms with Crippen molar-refractivity contribution in [3.05, 3.63) is 39.9 Å². The van der Waals surface area contributed by atoms with E-state index >= 15 is 0 Å². The van der Waals surface area contributed by atoms with Gasteiger partial charge in [0.15, 0.2) is 0 Å². The Morgan fingerprint density at radius 1 is 1.39 bits per heavy atom. The van der Waals surface area contributed by atoms with E-state index < -0.39 is 0 Å². The Balaban J connectivity index is 1.85. The Hall–Kier alpha value is -1.46. The molecule has 5 heteroatoms. The lowest BCUT2D eigenvalue weighted by molar-refractivity contribution is -0.385. The molecular weight excluding hydrogens is 232 g/mol. The van der Waals surface area contributed by atoms with Gasteiger partial charge in [0.05, 0.1) is 17.6 Å². The van der Waals surface area contributed by atoms with Crippen molar-refractivity contribution in [1.29, 1.82) is 0 Å². The topological polar surface area (TPSA) is 78.4 Å². The third kappa shape index (κ3) is 3.27. The molecule has 2 atom stereocenters. The van der Waals surface area contributed by atoms with Gasteiger partial charge in [-0.2, -0.15) is 0 Å². The van der Waals surface area contributed by atoms with E-state index in [0.717, 1.165) is 24.8 Å². The molecule has 2 unspecified atom stereocenters. The number of hydrogen-bond donors (Lipinski definition) is 1. The van der Waals surface area contributed by atoms with Crippen molar-refractivity contribution in [2.24, 2.45) is 5.73 Å². The smallest absolute Gasteiger partial charge is 0.272 e. The van der Waals surface area contributed by atoms with Gasteiger partial charge in [0.1, 0.15) is 0 Å². The van der Waals surface area contributed by atoms with Gasteiger partial charge in [-0.15, -0.1) is 0 Å². The zero-order valence-electron chi connectivity index (χ0n) is 10.2. The van der Waals surface area contributed by atoms with Crippen LogP contribution in [0.3, 0.4) is 0 Å². The molecule has 2 rings (SSSR count). The monoisotopic (exact) mass is 250 g/mol. The third-order valence-corrected chi connectivity index (χ3v) is 3.34. The molecule has 98 valence electrons.